The summed E-state index contributed by atoms with van der Waals surface area (Å²) >= 11 is 0. The van der Waals surface area contributed by atoms with Crippen LogP contribution in [0.1, 0.15) is 41.8 Å². The number of carbonyl (C=O) groups excluding carboxylic acids is 1. The molecule has 14 heavy (non-hydrogen) atoms. The van der Waals surface area contributed by atoms with Gasteiger partial charge in [-0.25, -0.2) is 0 Å². The second-order valence-electron chi connectivity index (χ2n) is 5.04. The van der Waals surface area contributed by atoms with Gasteiger partial charge in [0.25, 0.3) is 0 Å². The van der Waals surface area contributed by atoms with E-state index in [0.717, 1.165) is 12.0 Å². The Balaban J connectivity index is 2.56. The molecule has 0 bridgehead atoms. The van der Waals surface area contributed by atoms with Crippen LogP contribution in [0, 0.1) is 12.3 Å². The molecule has 0 spiro atoms. The van der Waals surface area contributed by atoms with Crippen molar-refractivity contribution in [3.63, 3.8) is 0 Å². The van der Waals surface area contributed by atoms with Crippen molar-refractivity contribution in [2.75, 3.05) is 0 Å². The molecule has 0 aromatic heterocycles. The molecular formula is C13H16O. The summed E-state index contributed by atoms with van der Waals surface area (Å²) in [7, 11) is 0. The molecule has 0 aliphatic heterocycles. The first kappa shape index (κ1) is 9.45. The number of hydrogen-bond acceptors (Lipinski definition) is 1. The molecule has 1 aliphatic rings. The normalized spacial score (nSPS) is 19.2. The molecule has 1 nitrogen and oxygen atoms in total. The lowest BCUT2D eigenvalue weighted by atomic mass is 9.72. The Bertz CT molecular complexity index is 388. The highest BCUT2D eigenvalue weighted by Crippen LogP contribution is 2.35. The Labute approximate surface area is 85.1 Å². The number of carbonyl (C=O) groups is 1. The van der Waals surface area contributed by atoms with Crippen molar-refractivity contribution in [2.45, 2.75) is 33.6 Å². The van der Waals surface area contributed by atoms with Crippen molar-refractivity contribution in [3.05, 3.63) is 34.9 Å². The van der Waals surface area contributed by atoms with Gasteiger partial charge < -0.3 is 0 Å². The molecule has 0 fully saturated rings. The Hall–Kier alpha value is -1.11. The van der Waals surface area contributed by atoms with Gasteiger partial charge in [-0.1, -0.05) is 32.0 Å². The smallest absolute Gasteiger partial charge is 0.163 e. The zero-order chi connectivity index (χ0) is 10.3. The maximum Gasteiger partial charge on any atom is 0.163 e. The largest absolute Gasteiger partial charge is 0.294 e. The molecule has 1 aromatic carbocycles. The minimum atomic E-state index is 0.135. The second-order valence-corrected chi connectivity index (χ2v) is 5.04. The molecule has 0 atom stereocenters. The minimum absolute atomic E-state index is 0.135. The maximum absolute atomic E-state index is 11.9. The number of fused-ring (bicyclic) bond motifs is 1. The molecule has 0 N–H and O–H groups in total. The van der Waals surface area contributed by atoms with Gasteiger partial charge in [-0.05, 0) is 29.9 Å². The highest BCUT2D eigenvalue weighted by Gasteiger charge is 2.31. The third kappa shape index (κ3) is 1.47. The van der Waals surface area contributed by atoms with E-state index in [1.54, 1.807) is 0 Å². The van der Waals surface area contributed by atoms with Crippen LogP contribution in [-0.4, -0.2) is 5.78 Å². The summed E-state index contributed by atoms with van der Waals surface area (Å²) in [5.41, 5.74) is 3.60. The van der Waals surface area contributed by atoms with E-state index in [1.165, 1.54) is 11.1 Å². The number of ketones is 1. The van der Waals surface area contributed by atoms with Gasteiger partial charge in [-0.2, -0.15) is 0 Å². The van der Waals surface area contributed by atoms with Gasteiger partial charge in [0.2, 0.25) is 0 Å². The monoisotopic (exact) mass is 188 g/mol. The summed E-state index contributed by atoms with van der Waals surface area (Å²) in [5.74, 6) is 0.306. The third-order valence-electron chi connectivity index (χ3n) is 3.01. The van der Waals surface area contributed by atoms with Crippen LogP contribution in [0.15, 0.2) is 18.2 Å². The summed E-state index contributed by atoms with van der Waals surface area (Å²) in [5, 5.41) is 0. The van der Waals surface area contributed by atoms with Crippen LogP contribution in [0.4, 0.5) is 0 Å². The average Bonchev–Trinajstić information content (AvgIpc) is 2.05. The average molecular weight is 188 g/mol. The number of benzene rings is 1. The summed E-state index contributed by atoms with van der Waals surface area (Å²) in [6, 6.07) is 6.03. The Morgan fingerprint density at radius 2 is 1.93 bits per heavy atom. The summed E-state index contributed by atoms with van der Waals surface area (Å²) in [6.07, 6.45) is 1.71. The van der Waals surface area contributed by atoms with Crippen molar-refractivity contribution in [1.82, 2.24) is 0 Å². The SMILES string of the molecule is Cc1cccc2c1CC(C)(C)CC2=O. The fourth-order valence-electron chi connectivity index (χ4n) is 2.27. The molecular weight excluding hydrogens is 172 g/mol. The number of Topliss-reactive ketones (excluding diaryl/α,β-unsaturated/α-hetero) is 1. The molecule has 1 aromatic rings. The third-order valence-corrected chi connectivity index (χ3v) is 3.01. The molecule has 74 valence electrons. The molecule has 0 unspecified atom stereocenters. The molecule has 0 saturated heterocycles. The van der Waals surface area contributed by atoms with E-state index in [4.69, 9.17) is 0 Å². The van der Waals surface area contributed by atoms with Crippen molar-refractivity contribution in [2.24, 2.45) is 5.41 Å². The molecule has 0 heterocycles. The predicted octanol–water partition coefficient (Wildman–Crippen LogP) is 3.15. The summed E-state index contributed by atoms with van der Waals surface area (Å²) < 4.78 is 0. The highest BCUT2D eigenvalue weighted by molar-refractivity contribution is 5.99. The van der Waals surface area contributed by atoms with Gasteiger partial charge in [0.05, 0.1) is 0 Å². The van der Waals surface area contributed by atoms with Crippen LogP contribution < -0.4 is 0 Å². The highest BCUT2D eigenvalue weighted by atomic mass is 16.1. The predicted molar refractivity (Wildman–Crippen MR) is 57.6 cm³/mol. The number of hydrogen-bond donors (Lipinski definition) is 0. The van der Waals surface area contributed by atoms with Crippen LogP contribution in [0.3, 0.4) is 0 Å². The lowest BCUT2D eigenvalue weighted by Crippen LogP contribution is -2.27. The van der Waals surface area contributed by atoms with Crippen LogP contribution >= 0.6 is 0 Å². The second kappa shape index (κ2) is 2.94. The van der Waals surface area contributed by atoms with Crippen molar-refractivity contribution < 1.29 is 4.79 Å². The molecule has 0 amide bonds. The van der Waals surface area contributed by atoms with Crippen molar-refractivity contribution >= 4 is 5.78 Å². The van der Waals surface area contributed by atoms with Gasteiger partial charge in [-0.15, -0.1) is 0 Å². The van der Waals surface area contributed by atoms with E-state index in [2.05, 4.69) is 26.8 Å². The van der Waals surface area contributed by atoms with Crippen LogP contribution in [0.2, 0.25) is 0 Å². The van der Waals surface area contributed by atoms with E-state index in [-0.39, 0.29) is 5.41 Å². The minimum Gasteiger partial charge on any atom is -0.294 e. The molecule has 1 aliphatic carbocycles. The molecule has 2 rings (SSSR count). The Morgan fingerprint density at radius 1 is 1.21 bits per heavy atom. The maximum atomic E-state index is 11.9. The fraction of sp³-hybridized carbons (Fsp3) is 0.462. The standard InChI is InChI=1S/C13H16O/c1-9-5-4-6-10-11(9)7-13(2,3)8-12(10)14/h4-6H,7-8H2,1-3H3. The van der Waals surface area contributed by atoms with Crippen LogP contribution in [-0.2, 0) is 6.42 Å². The quantitative estimate of drug-likeness (QED) is 0.611. The first-order valence-corrected chi connectivity index (χ1v) is 5.11. The van der Waals surface area contributed by atoms with E-state index >= 15 is 0 Å². The van der Waals surface area contributed by atoms with Gasteiger partial charge in [-0.3, -0.25) is 4.79 Å². The molecule has 0 radical (unpaired) electrons. The van der Waals surface area contributed by atoms with Crippen LogP contribution in [0.25, 0.3) is 0 Å². The van der Waals surface area contributed by atoms with E-state index in [1.807, 2.05) is 12.1 Å². The van der Waals surface area contributed by atoms with Crippen molar-refractivity contribution in [3.8, 4) is 0 Å². The zero-order valence-corrected chi connectivity index (χ0v) is 9.05. The lowest BCUT2D eigenvalue weighted by molar-refractivity contribution is 0.0912. The zero-order valence-electron chi connectivity index (χ0n) is 9.05. The van der Waals surface area contributed by atoms with E-state index in [0.29, 0.717) is 12.2 Å². The van der Waals surface area contributed by atoms with E-state index < -0.39 is 0 Å². The summed E-state index contributed by atoms with van der Waals surface area (Å²) in [4.78, 5) is 11.9. The first-order chi connectivity index (χ1) is 6.49. The Kier molecular flexibility index (Phi) is 1.99. The number of aryl methyl sites for hydroxylation is 1. The van der Waals surface area contributed by atoms with Crippen LogP contribution in [0.5, 0.6) is 0 Å². The molecule has 0 saturated carbocycles. The van der Waals surface area contributed by atoms with E-state index in [9.17, 15) is 4.79 Å². The van der Waals surface area contributed by atoms with Crippen molar-refractivity contribution in [1.29, 1.82) is 0 Å². The molecule has 1 heteroatoms. The topological polar surface area (TPSA) is 17.1 Å². The van der Waals surface area contributed by atoms with Gasteiger partial charge in [0.1, 0.15) is 0 Å². The summed E-state index contributed by atoms with van der Waals surface area (Å²) in [6.45, 7) is 6.42. The first-order valence-electron chi connectivity index (χ1n) is 5.11. The fourth-order valence-corrected chi connectivity index (χ4v) is 2.27. The van der Waals surface area contributed by atoms with Gasteiger partial charge in [0.15, 0.2) is 5.78 Å². The number of rotatable bonds is 0. The lowest BCUT2D eigenvalue weighted by Gasteiger charge is -2.31. The van der Waals surface area contributed by atoms with Gasteiger partial charge >= 0.3 is 0 Å². The Morgan fingerprint density at radius 3 is 2.64 bits per heavy atom. The van der Waals surface area contributed by atoms with Gasteiger partial charge in [0, 0.05) is 12.0 Å².